The van der Waals surface area contributed by atoms with Gasteiger partial charge in [0.1, 0.15) is 12.4 Å². The second kappa shape index (κ2) is 5.76. The van der Waals surface area contributed by atoms with Gasteiger partial charge in [-0.05, 0) is 5.56 Å². The highest BCUT2D eigenvalue weighted by Crippen LogP contribution is 2.04. The van der Waals surface area contributed by atoms with Crippen LogP contribution in [0.1, 0.15) is 16.2 Å². The number of hydrogen-bond donors (Lipinski definition) is 3. The van der Waals surface area contributed by atoms with Crippen molar-refractivity contribution in [1.82, 2.24) is 20.5 Å². The van der Waals surface area contributed by atoms with Crippen molar-refractivity contribution in [3.05, 3.63) is 48.0 Å². The molecule has 0 radical (unpaired) electrons. The second-order valence-corrected chi connectivity index (χ2v) is 3.89. The minimum atomic E-state index is -1.10. The minimum absolute atomic E-state index is 0.0145. The molecule has 19 heavy (non-hydrogen) atoms. The van der Waals surface area contributed by atoms with E-state index >= 15 is 0 Å². The van der Waals surface area contributed by atoms with Crippen molar-refractivity contribution < 1.29 is 14.7 Å². The Morgan fingerprint density at radius 3 is 2.63 bits per heavy atom. The van der Waals surface area contributed by atoms with Crippen molar-refractivity contribution in [1.29, 1.82) is 0 Å². The Morgan fingerprint density at radius 1 is 1.32 bits per heavy atom. The van der Waals surface area contributed by atoms with Crippen LogP contribution in [0.4, 0.5) is 0 Å². The summed E-state index contributed by atoms with van der Waals surface area (Å²) in [6.45, 7) is 0. The van der Waals surface area contributed by atoms with Gasteiger partial charge in [0.25, 0.3) is 5.91 Å². The molecule has 3 N–H and O–H groups in total. The maximum Gasteiger partial charge on any atom is 0.326 e. The highest BCUT2D eigenvalue weighted by molar-refractivity contribution is 5.93. The van der Waals surface area contributed by atoms with E-state index in [-0.39, 0.29) is 12.2 Å². The number of aromatic amines is 1. The van der Waals surface area contributed by atoms with Gasteiger partial charge < -0.3 is 10.4 Å². The van der Waals surface area contributed by atoms with Gasteiger partial charge in [-0.1, -0.05) is 30.3 Å². The van der Waals surface area contributed by atoms with Crippen molar-refractivity contribution >= 4 is 11.9 Å². The number of carbonyl (C=O) groups excluding carboxylic acids is 1. The van der Waals surface area contributed by atoms with E-state index in [0.29, 0.717) is 0 Å². The van der Waals surface area contributed by atoms with Crippen LogP contribution in [0.5, 0.6) is 0 Å². The molecule has 2 aromatic rings. The van der Waals surface area contributed by atoms with E-state index in [2.05, 4.69) is 20.5 Å². The van der Waals surface area contributed by atoms with E-state index in [9.17, 15) is 9.59 Å². The van der Waals surface area contributed by atoms with Crippen LogP contribution in [0.25, 0.3) is 0 Å². The first kappa shape index (κ1) is 12.7. The zero-order chi connectivity index (χ0) is 13.7. The summed E-state index contributed by atoms with van der Waals surface area (Å²) >= 11 is 0. The summed E-state index contributed by atoms with van der Waals surface area (Å²) in [5, 5.41) is 17.4. The van der Waals surface area contributed by atoms with Gasteiger partial charge in [-0.2, -0.15) is 5.10 Å². The molecular weight excluding hydrogens is 248 g/mol. The number of aliphatic carboxylic acids is 1. The maximum absolute atomic E-state index is 11.7. The van der Waals surface area contributed by atoms with E-state index in [4.69, 9.17) is 5.11 Å². The lowest BCUT2D eigenvalue weighted by molar-refractivity contribution is -0.139. The Kier molecular flexibility index (Phi) is 3.87. The highest BCUT2D eigenvalue weighted by atomic mass is 16.4. The molecule has 0 fully saturated rings. The zero-order valence-electron chi connectivity index (χ0n) is 9.91. The van der Waals surface area contributed by atoms with Gasteiger partial charge in [0, 0.05) is 6.42 Å². The van der Waals surface area contributed by atoms with Crippen LogP contribution in [0, 0.1) is 0 Å². The molecule has 1 aromatic carbocycles. The van der Waals surface area contributed by atoms with Crippen LogP contribution in [0.2, 0.25) is 0 Å². The molecule has 1 aromatic heterocycles. The van der Waals surface area contributed by atoms with E-state index in [1.54, 1.807) is 12.1 Å². The number of hydrogen-bond acceptors (Lipinski definition) is 4. The molecule has 0 bridgehead atoms. The Labute approximate surface area is 108 Å². The van der Waals surface area contributed by atoms with Crippen molar-refractivity contribution in [2.75, 3.05) is 0 Å². The van der Waals surface area contributed by atoms with Crippen LogP contribution >= 0.6 is 0 Å². The Morgan fingerprint density at radius 2 is 2.05 bits per heavy atom. The fourth-order valence-electron chi connectivity index (χ4n) is 1.59. The smallest absolute Gasteiger partial charge is 0.326 e. The Bertz CT molecular complexity index is 554. The van der Waals surface area contributed by atoms with Gasteiger partial charge in [0.2, 0.25) is 5.82 Å². The molecule has 0 saturated heterocycles. The molecule has 0 aliphatic carbocycles. The average Bonchev–Trinajstić information content (AvgIpc) is 2.93. The van der Waals surface area contributed by atoms with Crippen LogP contribution in [-0.4, -0.2) is 38.2 Å². The maximum atomic E-state index is 11.7. The summed E-state index contributed by atoms with van der Waals surface area (Å²) in [6, 6.07) is 8.05. The summed E-state index contributed by atoms with van der Waals surface area (Å²) in [7, 11) is 0. The first-order chi connectivity index (χ1) is 9.16. The zero-order valence-corrected chi connectivity index (χ0v) is 9.91. The number of nitrogens with one attached hydrogen (secondary N) is 2. The number of aromatic nitrogens is 3. The van der Waals surface area contributed by atoms with Crippen molar-refractivity contribution in [3.8, 4) is 0 Å². The number of amides is 1. The number of nitrogens with zero attached hydrogens (tertiary/aromatic N) is 2. The standard InChI is InChI=1S/C12H12N4O3/c17-11(10-13-7-14-16-10)15-9(12(18)19)6-8-4-2-1-3-5-8/h1-5,7,9H,6H2,(H,15,17)(H,18,19)(H,13,14,16). The first-order valence-corrected chi connectivity index (χ1v) is 5.60. The number of rotatable bonds is 5. The SMILES string of the molecule is O=C(NC(Cc1ccccc1)C(=O)O)c1ncn[nH]1. The van der Waals surface area contributed by atoms with Gasteiger partial charge >= 0.3 is 5.97 Å². The van der Waals surface area contributed by atoms with Gasteiger partial charge in [0.15, 0.2) is 0 Å². The lowest BCUT2D eigenvalue weighted by atomic mass is 10.1. The fourth-order valence-corrected chi connectivity index (χ4v) is 1.59. The quantitative estimate of drug-likeness (QED) is 0.713. The molecule has 1 atom stereocenters. The minimum Gasteiger partial charge on any atom is -0.480 e. The van der Waals surface area contributed by atoms with Gasteiger partial charge in [-0.3, -0.25) is 9.89 Å². The van der Waals surface area contributed by atoms with E-state index in [1.165, 1.54) is 6.33 Å². The van der Waals surface area contributed by atoms with Gasteiger partial charge in [-0.15, -0.1) is 0 Å². The van der Waals surface area contributed by atoms with E-state index in [0.717, 1.165) is 5.56 Å². The topological polar surface area (TPSA) is 108 Å². The van der Waals surface area contributed by atoms with Crippen molar-refractivity contribution in [3.63, 3.8) is 0 Å². The van der Waals surface area contributed by atoms with Crippen LogP contribution in [0.3, 0.4) is 0 Å². The van der Waals surface area contributed by atoms with Crippen molar-refractivity contribution in [2.24, 2.45) is 0 Å². The number of carboxylic acids is 1. The third kappa shape index (κ3) is 3.38. The second-order valence-electron chi connectivity index (χ2n) is 3.89. The molecule has 0 saturated carbocycles. The molecule has 0 aliphatic rings. The number of H-pyrrole nitrogens is 1. The monoisotopic (exact) mass is 260 g/mol. The molecule has 7 heteroatoms. The van der Waals surface area contributed by atoms with Crippen LogP contribution < -0.4 is 5.32 Å². The normalized spacial score (nSPS) is 11.8. The molecule has 2 rings (SSSR count). The molecular formula is C12H12N4O3. The van der Waals surface area contributed by atoms with Crippen LogP contribution in [0.15, 0.2) is 36.7 Å². The average molecular weight is 260 g/mol. The Hall–Kier alpha value is -2.70. The summed E-state index contributed by atoms with van der Waals surface area (Å²) in [6.07, 6.45) is 1.39. The molecule has 98 valence electrons. The summed E-state index contributed by atoms with van der Waals surface area (Å²) in [4.78, 5) is 26.5. The predicted molar refractivity (Wildman–Crippen MR) is 65.4 cm³/mol. The molecule has 1 unspecified atom stereocenters. The lowest BCUT2D eigenvalue weighted by Crippen LogP contribution is -2.42. The largest absolute Gasteiger partial charge is 0.480 e. The van der Waals surface area contributed by atoms with Crippen molar-refractivity contribution in [2.45, 2.75) is 12.5 Å². The first-order valence-electron chi connectivity index (χ1n) is 5.60. The predicted octanol–water partition coefficient (Wildman–Crippen LogP) is 0.230. The van der Waals surface area contributed by atoms with Crippen LogP contribution in [-0.2, 0) is 11.2 Å². The molecule has 1 heterocycles. The Balaban J connectivity index is 2.05. The van der Waals surface area contributed by atoms with E-state index < -0.39 is 17.9 Å². The number of benzene rings is 1. The third-order valence-electron chi connectivity index (χ3n) is 2.52. The molecule has 0 spiro atoms. The molecule has 0 aliphatic heterocycles. The van der Waals surface area contributed by atoms with Gasteiger partial charge in [0.05, 0.1) is 0 Å². The summed E-state index contributed by atoms with van der Waals surface area (Å²) in [5.41, 5.74) is 0.827. The third-order valence-corrected chi connectivity index (χ3v) is 2.52. The van der Waals surface area contributed by atoms with Gasteiger partial charge in [-0.25, -0.2) is 9.78 Å². The molecule has 7 nitrogen and oxygen atoms in total. The summed E-state index contributed by atoms with van der Waals surface area (Å²) in [5.74, 6) is -1.71. The highest BCUT2D eigenvalue weighted by Gasteiger charge is 2.22. The fraction of sp³-hybridized carbons (Fsp3) is 0.167. The number of carbonyl (C=O) groups is 2. The summed E-state index contributed by atoms with van der Waals surface area (Å²) < 4.78 is 0. The number of carboxylic acid groups (broad SMARTS) is 1. The van der Waals surface area contributed by atoms with E-state index in [1.807, 2.05) is 18.2 Å². The lowest BCUT2D eigenvalue weighted by Gasteiger charge is -2.13. The molecule has 1 amide bonds.